The Morgan fingerprint density at radius 3 is 3.00 bits per heavy atom. The van der Waals surface area contributed by atoms with Gasteiger partial charge in [0.25, 0.3) is 0 Å². The number of benzene rings is 1. The molecule has 23 heavy (non-hydrogen) atoms. The quantitative estimate of drug-likeness (QED) is 0.884. The average molecular weight is 313 g/mol. The molecular weight excluding hydrogens is 294 g/mol. The van der Waals surface area contributed by atoms with Crippen LogP contribution in [0.15, 0.2) is 42.6 Å². The second-order valence-corrected chi connectivity index (χ2v) is 5.29. The van der Waals surface area contributed by atoms with Crippen LogP contribution in [-0.2, 0) is 13.0 Å². The van der Waals surface area contributed by atoms with Gasteiger partial charge in [-0.25, -0.2) is 9.78 Å². The third-order valence-electron chi connectivity index (χ3n) is 3.69. The third kappa shape index (κ3) is 3.71. The standard InChI is InChI=1S/C17H19N3O3/c1-22-16-13(6-4-8-18-16)10-19-17(21)20-11-14-9-12-5-2-3-7-15(12)23-14/h2-8,14H,9-11H2,1H3,(H2,19,20,21). The number of nitrogens with one attached hydrogen (secondary N) is 2. The van der Waals surface area contributed by atoms with E-state index in [4.69, 9.17) is 9.47 Å². The summed E-state index contributed by atoms with van der Waals surface area (Å²) >= 11 is 0. The van der Waals surface area contributed by atoms with Crippen molar-refractivity contribution < 1.29 is 14.3 Å². The molecule has 2 aromatic rings. The molecule has 0 saturated carbocycles. The van der Waals surface area contributed by atoms with Crippen molar-refractivity contribution in [2.45, 2.75) is 19.1 Å². The van der Waals surface area contributed by atoms with Crippen LogP contribution in [-0.4, -0.2) is 30.8 Å². The molecule has 1 aromatic heterocycles. The summed E-state index contributed by atoms with van der Waals surface area (Å²) in [5.74, 6) is 1.42. The maximum Gasteiger partial charge on any atom is 0.315 e. The highest BCUT2D eigenvalue weighted by Crippen LogP contribution is 2.27. The van der Waals surface area contributed by atoms with Gasteiger partial charge in [-0.1, -0.05) is 24.3 Å². The topological polar surface area (TPSA) is 72.5 Å². The van der Waals surface area contributed by atoms with E-state index in [9.17, 15) is 4.79 Å². The first-order chi connectivity index (χ1) is 11.3. The van der Waals surface area contributed by atoms with Gasteiger partial charge in [-0.2, -0.15) is 0 Å². The Morgan fingerprint density at radius 1 is 1.30 bits per heavy atom. The second kappa shape index (κ2) is 7.00. The Balaban J connectivity index is 1.44. The minimum absolute atomic E-state index is 0.0221. The van der Waals surface area contributed by atoms with Gasteiger partial charge in [0.05, 0.1) is 13.7 Å². The molecule has 6 heteroatoms. The zero-order valence-electron chi connectivity index (χ0n) is 12.9. The Kier molecular flexibility index (Phi) is 4.61. The number of ether oxygens (including phenoxy) is 2. The van der Waals surface area contributed by atoms with Crippen LogP contribution < -0.4 is 20.1 Å². The summed E-state index contributed by atoms with van der Waals surface area (Å²) in [4.78, 5) is 16.0. The zero-order chi connectivity index (χ0) is 16.1. The molecule has 2 amide bonds. The normalized spacial score (nSPS) is 15.4. The van der Waals surface area contributed by atoms with E-state index in [0.717, 1.165) is 17.7 Å². The number of para-hydroxylation sites is 1. The van der Waals surface area contributed by atoms with Gasteiger partial charge in [-0.3, -0.25) is 0 Å². The smallest absolute Gasteiger partial charge is 0.315 e. The molecule has 0 saturated heterocycles. The number of carbonyl (C=O) groups excluding carboxylic acids is 1. The lowest BCUT2D eigenvalue weighted by Crippen LogP contribution is -2.40. The molecule has 2 N–H and O–H groups in total. The number of carbonyl (C=O) groups is 1. The van der Waals surface area contributed by atoms with Gasteiger partial charge in [0.1, 0.15) is 11.9 Å². The van der Waals surface area contributed by atoms with Crippen LogP contribution in [0.4, 0.5) is 4.79 Å². The lowest BCUT2D eigenvalue weighted by atomic mass is 10.1. The highest BCUT2D eigenvalue weighted by atomic mass is 16.5. The van der Waals surface area contributed by atoms with Gasteiger partial charge in [0, 0.05) is 24.7 Å². The monoisotopic (exact) mass is 313 g/mol. The van der Waals surface area contributed by atoms with Crippen LogP contribution in [0.3, 0.4) is 0 Å². The molecule has 0 bridgehead atoms. The van der Waals surface area contributed by atoms with Crippen molar-refractivity contribution in [2.24, 2.45) is 0 Å². The SMILES string of the molecule is COc1ncccc1CNC(=O)NCC1Cc2ccccc2O1. The van der Waals surface area contributed by atoms with E-state index in [0.29, 0.717) is 19.0 Å². The number of nitrogens with zero attached hydrogens (tertiary/aromatic N) is 1. The third-order valence-corrected chi connectivity index (χ3v) is 3.69. The number of hydrogen-bond donors (Lipinski definition) is 2. The Bertz CT molecular complexity index is 665. The lowest BCUT2D eigenvalue weighted by molar-refractivity contribution is 0.213. The second-order valence-electron chi connectivity index (χ2n) is 5.29. The summed E-state index contributed by atoms with van der Waals surface area (Å²) in [6.45, 7) is 0.819. The largest absolute Gasteiger partial charge is 0.488 e. The molecule has 0 spiro atoms. The molecule has 2 heterocycles. The van der Waals surface area contributed by atoms with Crippen molar-refractivity contribution in [2.75, 3.05) is 13.7 Å². The average Bonchev–Trinajstić information content (AvgIpc) is 3.01. The first-order valence-corrected chi connectivity index (χ1v) is 7.50. The molecule has 1 aliphatic rings. The molecule has 120 valence electrons. The lowest BCUT2D eigenvalue weighted by Gasteiger charge is -2.13. The predicted octanol–water partition coefficient (Wildman–Crippen LogP) is 1.89. The van der Waals surface area contributed by atoms with Crippen LogP contribution in [0, 0.1) is 0 Å². The van der Waals surface area contributed by atoms with Crippen molar-refractivity contribution in [3.05, 3.63) is 53.7 Å². The van der Waals surface area contributed by atoms with E-state index in [2.05, 4.69) is 15.6 Å². The maximum absolute atomic E-state index is 11.9. The van der Waals surface area contributed by atoms with Crippen LogP contribution in [0.1, 0.15) is 11.1 Å². The van der Waals surface area contributed by atoms with E-state index < -0.39 is 0 Å². The molecule has 0 radical (unpaired) electrons. The fourth-order valence-corrected chi connectivity index (χ4v) is 2.55. The minimum atomic E-state index is -0.240. The Morgan fingerprint density at radius 2 is 2.17 bits per heavy atom. The minimum Gasteiger partial charge on any atom is -0.488 e. The number of rotatable bonds is 5. The van der Waals surface area contributed by atoms with E-state index in [1.165, 1.54) is 5.56 Å². The molecule has 0 fully saturated rings. The summed E-state index contributed by atoms with van der Waals surface area (Å²) in [7, 11) is 1.56. The van der Waals surface area contributed by atoms with E-state index in [-0.39, 0.29) is 12.1 Å². The molecule has 1 aliphatic heterocycles. The van der Waals surface area contributed by atoms with Gasteiger partial charge in [0.15, 0.2) is 0 Å². The first kappa shape index (κ1) is 15.1. The summed E-state index contributed by atoms with van der Waals surface area (Å²) in [5.41, 5.74) is 2.01. The number of pyridine rings is 1. The van der Waals surface area contributed by atoms with Crippen LogP contribution in [0.25, 0.3) is 0 Å². The summed E-state index contributed by atoms with van der Waals surface area (Å²) in [6, 6.07) is 11.4. The summed E-state index contributed by atoms with van der Waals surface area (Å²) < 4.78 is 10.9. The van der Waals surface area contributed by atoms with Gasteiger partial charge in [-0.05, 0) is 17.7 Å². The first-order valence-electron chi connectivity index (χ1n) is 7.50. The molecular formula is C17H19N3O3. The van der Waals surface area contributed by atoms with Crippen molar-refractivity contribution >= 4 is 6.03 Å². The number of methoxy groups -OCH3 is 1. The van der Waals surface area contributed by atoms with Crippen molar-refractivity contribution in [3.63, 3.8) is 0 Å². The molecule has 1 aromatic carbocycles. The van der Waals surface area contributed by atoms with Crippen LogP contribution in [0.5, 0.6) is 11.6 Å². The summed E-state index contributed by atoms with van der Waals surface area (Å²) in [5, 5.41) is 5.62. The van der Waals surface area contributed by atoms with Crippen molar-refractivity contribution in [1.29, 1.82) is 0 Å². The fourth-order valence-electron chi connectivity index (χ4n) is 2.55. The van der Waals surface area contributed by atoms with Gasteiger partial charge in [-0.15, -0.1) is 0 Å². The number of amides is 2. The fraction of sp³-hybridized carbons (Fsp3) is 0.294. The Hall–Kier alpha value is -2.76. The molecule has 1 unspecified atom stereocenters. The van der Waals surface area contributed by atoms with Crippen molar-refractivity contribution in [1.82, 2.24) is 15.6 Å². The number of hydrogen-bond acceptors (Lipinski definition) is 4. The highest BCUT2D eigenvalue weighted by molar-refractivity contribution is 5.73. The number of urea groups is 1. The van der Waals surface area contributed by atoms with E-state index in [1.54, 1.807) is 19.4 Å². The maximum atomic E-state index is 11.9. The molecule has 6 nitrogen and oxygen atoms in total. The van der Waals surface area contributed by atoms with E-state index in [1.807, 2.05) is 30.3 Å². The molecule has 0 aliphatic carbocycles. The van der Waals surface area contributed by atoms with E-state index >= 15 is 0 Å². The van der Waals surface area contributed by atoms with Gasteiger partial charge in [0.2, 0.25) is 5.88 Å². The van der Waals surface area contributed by atoms with Gasteiger partial charge < -0.3 is 20.1 Å². The number of fused-ring (bicyclic) bond motifs is 1. The Labute approximate surface area is 134 Å². The van der Waals surface area contributed by atoms with Crippen LogP contribution >= 0.6 is 0 Å². The number of aromatic nitrogens is 1. The zero-order valence-corrected chi connectivity index (χ0v) is 12.9. The summed E-state index contributed by atoms with van der Waals surface area (Å²) in [6.07, 6.45) is 2.44. The highest BCUT2D eigenvalue weighted by Gasteiger charge is 2.22. The predicted molar refractivity (Wildman–Crippen MR) is 85.6 cm³/mol. The van der Waals surface area contributed by atoms with Crippen molar-refractivity contribution in [3.8, 4) is 11.6 Å². The molecule has 1 atom stereocenters. The molecule has 3 rings (SSSR count). The van der Waals surface area contributed by atoms with Gasteiger partial charge >= 0.3 is 6.03 Å². The van der Waals surface area contributed by atoms with Crippen LogP contribution in [0.2, 0.25) is 0 Å².